The molecule has 1 aliphatic heterocycles. The number of hydrogen-bond acceptors (Lipinski definition) is 6. The van der Waals surface area contributed by atoms with Gasteiger partial charge in [0.25, 0.3) is 5.69 Å². The molecular weight excluding hydrogens is 298 g/mol. The summed E-state index contributed by atoms with van der Waals surface area (Å²) in [6, 6.07) is 5.26. The minimum Gasteiger partial charge on any atom is -0.375 e. The number of nitro groups is 1. The van der Waals surface area contributed by atoms with Crippen LogP contribution in [0.25, 0.3) is 0 Å². The molecule has 0 aliphatic carbocycles. The summed E-state index contributed by atoms with van der Waals surface area (Å²) in [5, 5.41) is 14.0. The first-order valence-electron chi connectivity index (χ1n) is 6.56. The summed E-state index contributed by atoms with van der Waals surface area (Å²) >= 11 is 0. The molecule has 0 amide bonds. The lowest BCUT2D eigenvalue weighted by atomic mass is 10.3. The Labute approximate surface area is 122 Å². The molecule has 1 aliphatic rings. The Bertz CT molecular complexity index is 597. The van der Waals surface area contributed by atoms with Crippen LogP contribution in [0.5, 0.6) is 0 Å². The fourth-order valence-corrected chi connectivity index (χ4v) is 3.25. The average Bonchev–Trinajstić information content (AvgIpc) is 2.74. The first-order valence-corrected chi connectivity index (χ1v) is 8.04. The van der Waals surface area contributed by atoms with Gasteiger partial charge in [-0.2, -0.15) is 0 Å². The van der Waals surface area contributed by atoms with Crippen LogP contribution in [0.2, 0.25) is 0 Å². The summed E-state index contributed by atoms with van der Waals surface area (Å²) in [5.41, 5.74) is -0.440. The Morgan fingerprint density at radius 3 is 2.95 bits per heavy atom. The Kier molecular flexibility index (Phi) is 5.23. The number of rotatable bonds is 5. The van der Waals surface area contributed by atoms with E-state index in [4.69, 9.17) is 4.74 Å². The van der Waals surface area contributed by atoms with Crippen LogP contribution in [0.4, 0.5) is 5.69 Å². The predicted octanol–water partition coefficient (Wildman–Crippen LogP) is 0.252. The van der Waals surface area contributed by atoms with Gasteiger partial charge in [-0.05, 0) is 19.0 Å². The van der Waals surface area contributed by atoms with Crippen LogP contribution in [0.15, 0.2) is 29.2 Å². The molecule has 2 N–H and O–H groups in total. The quantitative estimate of drug-likeness (QED) is 0.595. The van der Waals surface area contributed by atoms with E-state index in [-0.39, 0.29) is 17.5 Å². The Balaban J connectivity index is 2.09. The van der Waals surface area contributed by atoms with E-state index in [0.717, 1.165) is 19.0 Å². The van der Waals surface area contributed by atoms with E-state index >= 15 is 0 Å². The van der Waals surface area contributed by atoms with Crippen molar-refractivity contribution in [3.63, 3.8) is 0 Å². The minimum absolute atomic E-state index is 0.0708. The minimum atomic E-state index is -3.95. The zero-order valence-electron chi connectivity index (χ0n) is 11.3. The predicted molar refractivity (Wildman–Crippen MR) is 75.5 cm³/mol. The maximum absolute atomic E-state index is 12.2. The van der Waals surface area contributed by atoms with Crippen LogP contribution in [-0.2, 0) is 14.8 Å². The average molecular weight is 315 g/mol. The van der Waals surface area contributed by atoms with Gasteiger partial charge in [-0.3, -0.25) is 10.1 Å². The second-order valence-corrected chi connectivity index (χ2v) is 6.36. The molecule has 8 nitrogen and oxygen atoms in total. The zero-order chi connectivity index (χ0) is 15.3. The number of nitro benzene ring substituents is 1. The summed E-state index contributed by atoms with van der Waals surface area (Å²) in [6.45, 7) is 2.00. The highest BCUT2D eigenvalue weighted by Crippen LogP contribution is 2.22. The Morgan fingerprint density at radius 1 is 1.43 bits per heavy atom. The van der Waals surface area contributed by atoms with Gasteiger partial charge in [-0.15, -0.1) is 0 Å². The van der Waals surface area contributed by atoms with Crippen LogP contribution in [0.3, 0.4) is 0 Å². The monoisotopic (exact) mass is 315 g/mol. The van der Waals surface area contributed by atoms with Crippen molar-refractivity contribution in [2.75, 3.05) is 26.2 Å². The molecule has 0 aromatic heterocycles. The van der Waals surface area contributed by atoms with Gasteiger partial charge in [0.05, 0.1) is 11.0 Å². The molecule has 1 aromatic carbocycles. The highest BCUT2D eigenvalue weighted by Gasteiger charge is 2.26. The number of ether oxygens (including phenoxy) is 1. The van der Waals surface area contributed by atoms with Crippen molar-refractivity contribution >= 4 is 15.7 Å². The van der Waals surface area contributed by atoms with Crippen molar-refractivity contribution in [2.24, 2.45) is 0 Å². The third-order valence-electron chi connectivity index (χ3n) is 3.08. The second-order valence-electron chi connectivity index (χ2n) is 4.63. The van der Waals surface area contributed by atoms with Gasteiger partial charge < -0.3 is 10.1 Å². The van der Waals surface area contributed by atoms with E-state index in [1.807, 2.05) is 0 Å². The molecular formula is C12H17N3O5S. The molecule has 1 atom stereocenters. The Morgan fingerprint density at radius 2 is 2.19 bits per heavy atom. The van der Waals surface area contributed by atoms with E-state index < -0.39 is 20.6 Å². The van der Waals surface area contributed by atoms with Crippen molar-refractivity contribution in [1.29, 1.82) is 0 Å². The topological polar surface area (TPSA) is 111 Å². The number of para-hydroxylation sites is 1. The van der Waals surface area contributed by atoms with Crippen molar-refractivity contribution in [1.82, 2.24) is 10.0 Å². The molecule has 0 saturated carbocycles. The van der Waals surface area contributed by atoms with Crippen molar-refractivity contribution in [2.45, 2.75) is 17.4 Å². The first-order chi connectivity index (χ1) is 10.0. The molecule has 1 fully saturated rings. The largest absolute Gasteiger partial charge is 0.375 e. The molecule has 1 heterocycles. The normalized spacial score (nSPS) is 19.9. The van der Waals surface area contributed by atoms with Gasteiger partial charge in [-0.1, -0.05) is 12.1 Å². The molecule has 9 heteroatoms. The summed E-state index contributed by atoms with van der Waals surface area (Å²) in [7, 11) is -3.95. The third-order valence-corrected chi connectivity index (χ3v) is 4.55. The number of nitrogens with zero attached hydrogens (tertiary/aromatic N) is 1. The van der Waals surface area contributed by atoms with Crippen LogP contribution < -0.4 is 10.0 Å². The van der Waals surface area contributed by atoms with Crippen molar-refractivity contribution in [3.05, 3.63) is 34.4 Å². The summed E-state index contributed by atoms with van der Waals surface area (Å²) in [4.78, 5) is 9.85. The van der Waals surface area contributed by atoms with Gasteiger partial charge in [0.2, 0.25) is 10.0 Å². The third kappa shape index (κ3) is 4.21. The highest BCUT2D eigenvalue weighted by molar-refractivity contribution is 7.89. The standard InChI is InChI=1S/C12H17N3O5S/c16-15(17)11-4-1-2-5-12(11)21(18,19)14-9-10-8-13-6-3-7-20-10/h1-2,4-5,10,13-14H,3,6-9H2. The van der Waals surface area contributed by atoms with Gasteiger partial charge in [-0.25, -0.2) is 13.1 Å². The van der Waals surface area contributed by atoms with Gasteiger partial charge in [0.1, 0.15) is 0 Å². The van der Waals surface area contributed by atoms with Gasteiger partial charge in [0.15, 0.2) is 4.90 Å². The molecule has 116 valence electrons. The van der Waals surface area contributed by atoms with Crippen LogP contribution >= 0.6 is 0 Å². The fraction of sp³-hybridized carbons (Fsp3) is 0.500. The lowest BCUT2D eigenvalue weighted by Crippen LogP contribution is -2.38. The summed E-state index contributed by atoms with van der Waals surface area (Å²) < 4.78 is 32.2. The molecule has 0 spiro atoms. The number of sulfonamides is 1. The number of hydrogen-bond donors (Lipinski definition) is 2. The molecule has 1 aromatic rings. The molecule has 1 saturated heterocycles. The van der Waals surface area contributed by atoms with Crippen molar-refractivity contribution < 1.29 is 18.1 Å². The highest BCUT2D eigenvalue weighted by atomic mass is 32.2. The zero-order valence-corrected chi connectivity index (χ0v) is 12.1. The molecule has 1 unspecified atom stereocenters. The van der Waals surface area contributed by atoms with E-state index in [9.17, 15) is 18.5 Å². The SMILES string of the molecule is O=[N+]([O-])c1ccccc1S(=O)(=O)NCC1CNCCCO1. The number of nitrogens with one attached hydrogen (secondary N) is 2. The summed E-state index contributed by atoms with van der Waals surface area (Å²) in [6.07, 6.45) is 0.581. The van der Waals surface area contributed by atoms with E-state index in [1.165, 1.54) is 18.2 Å². The van der Waals surface area contributed by atoms with Crippen LogP contribution in [0.1, 0.15) is 6.42 Å². The maximum Gasteiger partial charge on any atom is 0.289 e. The van der Waals surface area contributed by atoms with Gasteiger partial charge >= 0.3 is 0 Å². The van der Waals surface area contributed by atoms with E-state index in [2.05, 4.69) is 10.0 Å². The van der Waals surface area contributed by atoms with Crippen LogP contribution in [-0.4, -0.2) is 45.7 Å². The molecule has 21 heavy (non-hydrogen) atoms. The smallest absolute Gasteiger partial charge is 0.289 e. The Hall–Kier alpha value is -1.55. The van der Waals surface area contributed by atoms with Crippen LogP contribution in [0, 0.1) is 10.1 Å². The fourth-order valence-electron chi connectivity index (χ4n) is 2.02. The maximum atomic E-state index is 12.2. The van der Waals surface area contributed by atoms with Gasteiger partial charge in [0, 0.05) is 25.8 Å². The molecule has 0 radical (unpaired) electrons. The van der Waals surface area contributed by atoms with E-state index in [0.29, 0.717) is 13.2 Å². The lowest BCUT2D eigenvalue weighted by molar-refractivity contribution is -0.387. The lowest BCUT2D eigenvalue weighted by Gasteiger charge is -2.15. The molecule has 2 rings (SSSR count). The summed E-state index contributed by atoms with van der Waals surface area (Å²) in [5.74, 6) is 0. The number of benzene rings is 1. The molecule has 0 bridgehead atoms. The first kappa shape index (κ1) is 15.8. The second kappa shape index (κ2) is 6.94. The van der Waals surface area contributed by atoms with Crippen molar-refractivity contribution in [3.8, 4) is 0 Å². The van der Waals surface area contributed by atoms with E-state index in [1.54, 1.807) is 0 Å².